The molecule has 9 heteroatoms. The second-order valence-electron chi connectivity index (χ2n) is 5.02. The zero-order valence-electron chi connectivity index (χ0n) is 12.8. The van der Waals surface area contributed by atoms with Crippen LogP contribution in [0.4, 0.5) is 10.8 Å². The molecule has 2 N–H and O–H groups in total. The molecule has 0 radical (unpaired) electrons. The largest absolute Gasteiger partial charge is 0.358 e. The third-order valence-corrected chi connectivity index (χ3v) is 5.53. The van der Waals surface area contributed by atoms with E-state index in [-0.39, 0.29) is 17.2 Å². The second kappa shape index (κ2) is 8.19. The summed E-state index contributed by atoms with van der Waals surface area (Å²) in [4.78, 5) is 12.3. The van der Waals surface area contributed by atoms with Crippen molar-refractivity contribution < 1.29 is 4.79 Å². The Morgan fingerprint density at radius 3 is 2.70 bits per heavy atom. The number of halogens is 2. The fraction of sp³-hybridized carbons (Fsp3) is 0.357. The van der Waals surface area contributed by atoms with Crippen LogP contribution in [0.3, 0.4) is 0 Å². The van der Waals surface area contributed by atoms with Gasteiger partial charge in [0, 0.05) is 6.04 Å². The maximum atomic E-state index is 12.3. The predicted molar refractivity (Wildman–Crippen MR) is 99.1 cm³/mol. The van der Waals surface area contributed by atoms with Gasteiger partial charge in [-0.2, -0.15) is 0 Å². The van der Waals surface area contributed by atoms with Gasteiger partial charge in [-0.15, -0.1) is 10.2 Å². The summed E-state index contributed by atoms with van der Waals surface area (Å²) in [5.74, 6) is -0.173. The van der Waals surface area contributed by atoms with Gasteiger partial charge < -0.3 is 10.6 Å². The number of aromatic nitrogens is 2. The van der Waals surface area contributed by atoms with Gasteiger partial charge in [0.15, 0.2) is 4.34 Å². The van der Waals surface area contributed by atoms with Gasteiger partial charge in [0.2, 0.25) is 11.0 Å². The van der Waals surface area contributed by atoms with E-state index in [4.69, 9.17) is 23.2 Å². The van der Waals surface area contributed by atoms with E-state index in [2.05, 4.69) is 20.8 Å². The highest BCUT2D eigenvalue weighted by atomic mass is 35.5. The molecule has 23 heavy (non-hydrogen) atoms. The Kier molecular flexibility index (Phi) is 6.52. The van der Waals surface area contributed by atoms with E-state index in [9.17, 15) is 4.79 Å². The number of nitrogens with one attached hydrogen (secondary N) is 2. The fourth-order valence-corrected chi connectivity index (χ4v) is 3.99. The van der Waals surface area contributed by atoms with Crippen molar-refractivity contribution in [3.05, 3.63) is 28.2 Å². The third-order valence-electron chi connectivity index (χ3n) is 2.67. The molecule has 0 bridgehead atoms. The Balaban J connectivity index is 1.97. The van der Waals surface area contributed by atoms with Crippen LogP contribution in [0.2, 0.25) is 10.0 Å². The van der Waals surface area contributed by atoms with E-state index >= 15 is 0 Å². The topological polar surface area (TPSA) is 66.9 Å². The SMILES string of the molecule is CC(C)Nc1nnc(SC(C)C(=O)Nc2cccc(Cl)c2Cl)s1. The molecule has 124 valence electrons. The van der Waals surface area contributed by atoms with Crippen molar-refractivity contribution in [1.82, 2.24) is 10.2 Å². The smallest absolute Gasteiger partial charge is 0.237 e. The van der Waals surface area contributed by atoms with Crippen LogP contribution in [0.1, 0.15) is 20.8 Å². The number of benzene rings is 1. The molecule has 0 spiro atoms. The van der Waals surface area contributed by atoms with Crippen molar-refractivity contribution in [3.8, 4) is 0 Å². The lowest BCUT2D eigenvalue weighted by molar-refractivity contribution is -0.115. The van der Waals surface area contributed by atoms with Gasteiger partial charge in [-0.25, -0.2) is 0 Å². The van der Waals surface area contributed by atoms with Gasteiger partial charge in [-0.05, 0) is 32.9 Å². The first-order valence-corrected chi connectivity index (χ1v) is 9.33. The lowest BCUT2D eigenvalue weighted by Gasteiger charge is -2.12. The van der Waals surface area contributed by atoms with Crippen molar-refractivity contribution in [2.45, 2.75) is 36.4 Å². The normalized spacial score (nSPS) is 12.3. The Labute approximate surface area is 153 Å². The van der Waals surface area contributed by atoms with E-state index < -0.39 is 0 Å². The van der Waals surface area contributed by atoms with Crippen molar-refractivity contribution >= 4 is 63.0 Å². The number of carbonyl (C=O) groups excluding carboxylic acids is 1. The van der Waals surface area contributed by atoms with Crippen molar-refractivity contribution in [1.29, 1.82) is 0 Å². The Morgan fingerprint density at radius 2 is 2.00 bits per heavy atom. The maximum absolute atomic E-state index is 12.3. The van der Waals surface area contributed by atoms with Crippen LogP contribution in [0, 0.1) is 0 Å². The van der Waals surface area contributed by atoms with Crippen LogP contribution < -0.4 is 10.6 Å². The summed E-state index contributed by atoms with van der Waals surface area (Å²) in [7, 11) is 0. The number of thioether (sulfide) groups is 1. The van der Waals surface area contributed by atoms with E-state index in [1.165, 1.54) is 23.1 Å². The molecule has 0 fully saturated rings. The van der Waals surface area contributed by atoms with Crippen molar-refractivity contribution in [2.75, 3.05) is 10.6 Å². The summed E-state index contributed by atoms with van der Waals surface area (Å²) >= 11 is 14.8. The number of hydrogen-bond donors (Lipinski definition) is 2. The van der Waals surface area contributed by atoms with Crippen LogP contribution in [0.25, 0.3) is 0 Å². The van der Waals surface area contributed by atoms with Crippen molar-refractivity contribution in [2.24, 2.45) is 0 Å². The van der Waals surface area contributed by atoms with Gasteiger partial charge in [0.1, 0.15) is 0 Å². The minimum absolute atomic E-state index is 0.173. The molecule has 0 saturated carbocycles. The predicted octanol–water partition coefficient (Wildman–Crippen LogP) is 4.78. The highest BCUT2D eigenvalue weighted by Gasteiger charge is 2.18. The molecule has 2 rings (SSSR count). The molecule has 0 aliphatic heterocycles. The first kappa shape index (κ1) is 18.3. The molecule has 0 aliphatic rings. The molecule has 1 aromatic carbocycles. The molecule has 5 nitrogen and oxygen atoms in total. The average molecular weight is 391 g/mol. The monoisotopic (exact) mass is 390 g/mol. The molecule has 0 aliphatic carbocycles. The standard InChI is InChI=1S/C14H16Cl2N4OS2/c1-7(2)17-13-19-20-14(23-13)22-8(3)12(21)18-10-6-4-5-9(15)11(10)16/h4-8H,1-3H3,(H,17,19)(H,18,21). The molecular formula is C14H16Cl2N4OS2. The fourth-order valence-electron chi connectivity index (χ4n) is 1.60. The minimum Gasteiger partial charge on any atom is -0.358 e. The zero-order valence-corrected chi connectivity index (χ0v) is 15.9. The van der Waals surface area contributed by atoms with E-state index in [1.807, 2.05) is 13.8 Å². The van der Waals surface area contributed by atoms with Crippen LogP contribution in [-0.2, 0) is 4.79 Å². The maximum Gasteiger partial charge on any atom is 0.237 e. The third kappa shape index (κ3) is 5.24. The van der Waals surface area contributed by atoms with Gasteiger partial charge in [0.05, 0.1) is 21.0 Å². The lowest BCUT2D eigenvalue weighted by atomic mass is 10.3. The molecular weight excluding hydrogens is 375 g/mol. The molecule has 1 atom stereocenters. The van der Waals surface area contributed by atoms with Gasteiger partial charge in [0.25, 0.3) is 0 Å². The van der Waals surface area contributed by atoms with Crippen LogP contribution >= 0.6 is 46.3 Å². The van der Waals surface area contributed by atoms with Gasteiger partial charge >= 0.3 is 0 Å². The van der Waals surface area contributed by atoms with Crippen molar-refractivity contribution in [3.63, 3.8) is 0 Å². The first-order valence-electron chi connectivity index (χ1n) is 6.88. The number of anilines is 2. The quantitative estimate of drug-likeness (QED) is 0.694. The Hall–Kier alpha value is -1.02. The van der Waals surface area contributed by atoms with Crippen LogP contribution in [-0.4, -0.2) is 27.4 Å². The molecule has 1 amide bonds. The summed E-state index contributed by atoms with van der Waals surface area (Å²) in [5.41, 5.74) is 0.496. The van der Waals surface area contributed by atoms with Gasteiger partial charge in [-0.1, -0.05) is 52.4 Å². The molecule has 2 aromatic rings. The summed E-state index contributed by atoms with van der Waals surface area (Å²) < 4.78 is 0.730. The van der Waals surface area contributed by atoms with E-state index in [1.54, 1.807) is 25.1 Å². The van der Waals surface area contributed by atoms with Gasteiger partial charge in [-0.3, -0.25) is 4.79 Å². The summed E-state index contributed by atoms with van der Waals surface area (Å²) in [6.07, 6.45) is 0. The highest BCUT2D eigenvalue weighted by Crippen LogP contribution is 2.32. The number of carbonyl (C=O) groups is 1. The highest BCUT2D eigenvalue weighted by molar-refractivity contribution is 8.02. The number of amides is 1. The first-order chi connectivity index (χ1) is 10.9. The molecule has 1 aromatic heterocycles. The minimum atomic E-state index is -0.343. The lowest BCUT2D eigenvalue weighted by Crippen LogP contribution is -2.22. The molecule has 1 heterocycles. The molecule has 0 saturated heterocycles. The van der Waals surface area contributed by atoms with E-state index in [0.29, 0.717) is 15.7 Å². The zero-order chi connectivity index (χ0) is 17.0. The number of rotatable bonds is 6. The Morgan fingerprint density at radius 1 is 1.26 bits per heavy atom. The molecule has 1 unspecified atom stereocenters. The van der Waals surface area contributed by atoms with E-state index in [0.717, 1.165) is 9.47 Å². The number of nitrogens with zero attached hydrogens (tertiary/aromatic N) is 2. The van der Waals surface area contributed by atoms with Crippen LogP contribution in [0.5, 0.6) is 0 Å². The summed E-state index contributed by atoms with van der Waals surface area (Å²) in [6.45, 7) is 5.85. The number of hydrogen-bond acceptors (Lipinski definition) is 6. The second-order valence-corrected chi connectivity index (χ2v) is 8.37. The average Bonchev–Trinajstić information content (AvgIpc) is 2.90. The summed E-state index contributed by atoms with van der Waals surface area (Å²) in [6, 6.07) is 5.39. The van der Waals surface area contributed by atoms with Crippen LogP contribution in [0.15, 0.2) is 22.5 Å². The Bertz CT molecular complexity index is 693. The summed E-state index contributed by atoms with van der Waals surface area (Å²) in [5, 5.41) is 15.2.